The van der Waals surface area contributed by atoms with Gasteiger partial charge >= 0.3 is 0 Å². The number of aryl methyl sites for hydroxylation is 1. The van der Waals surface area contributed by atoms with Crippen LogP contribution in [0.4, 0.5) is 0 Å². The summed E-state index contributed by atoms with van der Waals surface area (Å²) in [7, 11) is 4.43. The van der Waals surface area contributed by atoms with Gasteiger partial charge in [-0.15, -0.1) is 0 Å². The summed E-state index contributed by atoms with van der Waals surface area (Å²) in [6.07, 6.45) is 4.87. The van der Waals surface area contributed by atoms with E-state index in [0.717, 1.165) is 13.0 Å². The van der Waals surface area contributed by atoms with Crippen LogP contribution in [0, 0.1) is 0 Å². The molecule has 3 nitrogen and oxygen atoms in total. The van der Waals surface area contributed by atoms with E-state index >= 15 is 0 Å². The fourth-order valence-corrected chi connectivity index (χ4v) is 3.22. The first kappa shape index (κ1) is 16.5. The van der Waals surface area contributed by atoms with E-state index in [-0.39, 0.29) is 6.04 Å². The van der Waals surface area contributed by atoms with E-state index in [1.807, 2.05) is 0 Å². The van der Waals surface area contributed by atoms with Gasteiger partial charge in [-0.3, -0.25) is 0 Å². The predicted octanol–water partition coefficient (Wildman–Crippen LogP) is 2.66. The zero-order chi connectivity index (χ0) is 15.2. The number of nitrogens with two attached hydrogens (primary N) is 1. The standard InChI is InChI=1S/C18H31N3/c1-4-5-15-6-8-16(9-7-15)18(19)14-21(3)17-10-12-20(2)13-11-17/h6-9,17-18H,4-5,10-14,19H2,1-3H3. The third kappa shape index (κ3) is 4.80. The normalized spacial score (nSPS) is 19.1. The minimum absolute atomic E-state index is 0.116. The molecule has 3 heteroatoms. The molecule has 1 aliphatic rings. The Kier molecular flexibility index (Phi) is 6.22. The van der Waals surface area contributed by atoms with Crippen molar-refractivity contribution in [1.82, 2.24) is 9.80 Å². The van der Waals surface area contributed by atoms with Crippen molar-refractivity contribution in [3.05, 3.63) is 35.4 Å². The maximum Gasteiger partial charge on any atom is 0.0424 e. The van der Waals surface area contributed by atoms with E-state index in [2.05, 4.69) is 55.1 Å². The van der Waals surface area contributed by atoms with Crippen molar-refractivity contribution in [2.75, 3.05) is 33.7 Å². The van der Waals surface area contributed by atoms with Crippen LogP contribution in [-0.4, -0.2) is 49.6 Å². The molecule has 1 aliphatic heterocycles. The van der Waals surface area contributed by atoms with Gasteiger partial charge in [0, 0.05) is 18.6 Å². The molecular weight excluding hydrogens is 258 g/mol. The minimum atomic E-state index is 0.116. The first-order valence-electron chi connectivity index (χ1n) is 8.33. The van der Waals surface area contributed by atoms with E-state index in [4.69, 9.17) is 5.73 Å². The maximum atomic E-state index is 6.40. The highest BCUT2D eigenvalue weighted by Gasteiger charge is 2.22. The second-order valence-electron chi connectivity index (χ2n) is 6.57. The molecule has 1 unspecified atom stereocenters. The minimum Gasteiger partial charge on any atom is -0.323 e. The van der Waals surface area contributed by atoms with Gasteiger partial charge in [0.05, 0.1) is 0 Å². The number of rotatable bonds is 6. The summed E-state index contributed by atoms with van der Waals surface area (Å²) < 4.78 is 0. The van der Waals surface area contributed by atoms with E-state index < -0.39 is 0 Å². The average Bonchev–Trinajstić information content (AvgIpc) is 2.49. The molecular formula is C18H31N3. The van der Waals surface area contributed by atoms with Gasteiger partial charge in [-0.05, 0) is 57.6 Å². The average molecular weight is 289 g/mol. The van der Waals surface area contributed by atoms with Crippen LogP contribution in [0.15, 0.2) is 24.3 Å². The molecule has 21 heavy (non-hydrogen) atoms. The molecule has 1 saturated heterocycles. The summed E-state index contributed by atoms with van der Waals surface area (Å²) in [5, 5.41) is 0. The molecule has 0 aliphatic carbocycles. The number of hydrogen-bond donors (Lipinski definition) is 1. The van der Waals surface area contributed by atoms with Crippen molar-refractivity contribution in [1.29, 1.82) is 0 Å². The highest BCUT2D eigenvalue weighted by molar-refractivity contribution is 5.25. The Balaban J connectivity index is 1.86. The molecule has 1 aromatic rings. The first-order chi connectivity index (χ1) is 10.1. The lowest BCUT2D eigenvalue weighted by Gasteiger charge is -2.36. The summed E-state index contributed by atoms with van der Waals surface area (Å²) in [6, 6.07) is 9.68. The molecule has 2 rings (SSSR count). The highest BCUT2D eigenvalue weighted by Crippen LogP contribution is 2.18. The molecule has 0 spiro atoms. The molecule has 1 aromatic carbocycles. The van der Waals surface area contributed by atoms with Crippen molar-refractivity contribution in [3.8, 4) is 0 Å². The van der Waals surface area contributed by atoms with Crippen molar-refractivity contribution < 1.29 is 0 Å². The van der Waals surface area contributed by atoms with Crippen LogP contribution in [0.1, 0.15) is 43.4 Å². The quantitative estimate of drug-likeness (QED) is 0.874. The van der Waals surface area contributed by atoms with Crippen LogP contribution in [-0.2, 0) is 6.42 Å². The maximum absolute atomic E-state index is 6.40. The van der Waals surface area contributed by atoms with Crippen molar-refractivity contribution in [3.63, 3.8) is 0 Å². The molecule has 1 fully saturated rings. The SMILES string of the molecule is CCCc1ccc(C(N)CN(C)C2CCN(C)CC2)cc1. The van der Waals surface area contributed by atoms with Gasteiger partial charge in [0.25, 0.3) is 0 Å². The van der Waals surface area contributed by atoms with Gasteiger partial charge in [-0.1, -0.05) is 37.6 Å². The summed E-state index contributed by atoms with van der Waals surface area (Å²) >= 11 is 0. The van der Waals surface area contributed by atoms with Gasteiger partial charge < -0.3 is 15.5 Å². The lowest BCUT2D eigenvalue weighted by atomic mass is 10.0. The van der Waals surface area contributed by atoms with Crippen LogP contribution < -0.4 is 5.73 Å². The number of nitrogens with zero attached hydrogens (tertiary/aromatic N) is 2. The number of benzene rings is 1. The van der Waals surface area contributed by atoms with Crippen LogP contribution in [0.3, 0.4) is 0 Å². The second-order valence-corrected chi connectivity index (χ2v) is 6.57. The Labute approximate surface area is 130 Å². The molecule has 1 heterocycles. The molecule has 0 bridgehead atoms. The lowest BCUT2D eigenvalue weighted by molar-refractivity contribution is 0.139. The molecule has 118 valence electrons. The molecule has 2 N–H and O–H groups in total. The Morgan fingerprint density at radius 1 is 1.24 bits per heavy atom. The number of hydrogen-bond acceptors (Lipinski definition) is 3. The Bertz CT molecular complexity index is 407. The van der Waals surface area contributed by atoms with Crippen LogP contribution in [0.5, 0.6) is 0 Å². The van der Waals surface area contributed by atoms with Gasteiger partial charge in [0.15, 0.2) is 0 Å². The molecule has 0 aromatic heterocycles. The number of likely N-dealkylation sites (tertiary alicyclic amines) is 1. The van der Waals surface area contributed by atoms with E-state index in [1.165, 1.54) is 43.5 Å². The van der Waals surface area contributed by atoms with Gasteiger partial charge in [-0.2, -0.15) is 0 Å². The third-order valence-electron chi connectivity index (χ3n) is 4.74. The highest BCUT2D eigenvalue weighted by atomic mass is 15.2. The molecule has 0 saturated carbocycles. The van der Waals surface area contributed by atoms with Crippen LogP contribution in [0.2, 0.25) is 0 Å². The predicted molar refractivity (Wildman–Crippen MR) is 90.5 cm³/mol. The Hall–Kier alpha value is -0.900. The van der Waals surface area contributed by atoms with E-state index in [9.17, 15) is 0 Å². The van der Waals surface area contributed by atoms with Crippen molar-refractivity contribution in [2.45, 2.75) is 44.7 Å². The molecule has 0 radical (unpaired) electrons. The van der Waals surface area contributed by atoms with E-state index in [0.29, 0.717) is 6.04 Å². The zero-order valence-electron chi connectivity index (χ0n) is 13.9. The monoisotopic (exact) mass is 289 g/mol. The van der Waals surface area contributed by atoms with Crippen molar-refractivity contribution in [2.24, 2.45) is 5.73 Å². The fraction of sp³-hybridized carbons (Fsp3) is 0.667. The summed E-state index contributed by atoms with van der Waals surface area (Å²) in [5.74, 6) is 0. The van der Waals surface area contributed by atoms with Gasteiger partial charge in [-0.25, -0.2) is 0 Å². The fourth-order valence-electron chi connectivity index (χ4n) is 3.22. The summed E-state index contributed by atoms with van der Waals surface area (Å²) in [4.78, 5) is 4.87. The number of likely N-dealkylation sites (N-methyl/N-ethyl adjacent to an activating group) is 1. The topological polar surface area (TPSA) is 32.5 Å². The Morgan fingerprint density at radius 2 is 1.86 bits per heavy atom. The van der Waals surface area contributed by atoms with Gasteiger partial charge in [0.2, 0.25) is 0 Å². The molecule has 1 atom stereocenters. The summed E-state index contributed by atoms with van der Waals surface area (Å²) in [6.45, 7) is 5.57. The Morgan fingerprint density at radius 3 is 2.43 bits per heavy atom. The van der Waals surface area contributed by atoms with Crippen LogP contribution >= 0.6 is 0 Å². The smallest absolute Gasteiger partial charge is 0.0424 e. The number of piperidine rings is 1. The van der Waals surface area contributed by atoms with Crippen molar-refractivity contribution >= 4 is 0 Å². The second kappa shape index (κ2) is 7.92. The summed E-state index contributed by atoms with van der Waals surface area (Å²) in [5.41, 5.74) is 9.07. The lowest BCUT2D eigenvalue weighted by Crippen LogP contribution is -2.44. The first-order valence-corrected chi connectivity index (χ1v) is 8.33. The largest absolute Gasteiger partial charge is 0.323 e. The molecule has 0 amide bonds. The van der Waals surface area contributed by atoms with Crippen LogP contribution in [0.25, 0.3) is 0 Å². The van der Waals surface area contributed by atoms with Gasteiger partial charge in [0.1, 0.15) is 0 Å². The zero-order valence-corrected chi connectivity index (χ0v) is 13.9. The third-order valence-corrected chi connectivity index (χ3v) is 4.74. The van der Waals surface area contributed by atoms with E-state index in [1.54, 1.807) is 0 Å².